The number of carboxylic acid groups (broad SMARTS) is 1. The van der Waals surface area contributed by atoms with Crippen molar-refractivity contribution in [2.24, 2.45) is 0 Å². The lowest BCUT2D eigenvalue weighted by Gasteiger charge is -1.97. The Morgan fingerprint density at radius 1 is 1.62 bits per heavy atom. The fourth-order valence-electron chi connectivity index (χ4n) is 1.03. The molecule has 0 aliphatic carbocycles. The Kier molecular flexibility index (Phi) is 1.59. The third kappa shape index (κ3) is 1.18. The van der Waals surface area contributed by atoms with E-state index in [1.165, 1.54) is 12.5 Å². The summed E-state index contributed by atoms with van der Waals surface area (Å²) < 4.78 is 0.999. The number of aromatic nitrogens is 4. The summed E-state index contributed by atoms with van der Waals surface area (Å²) in [7, 11) is 0. The molecule has 0 aliphatic heterocycles. The summed E-state index contributed by atoms with van der Waals surface area (Å²) >= 11 is 0. The average molecular weight is 178 g/mol. The van der Waals surface area contributed by atoms with Gasteiger partial charge in [-0.3, -0.25) is 0 Å². The van der Waals surface area contributed by atoms with E-state index in [1.54, 1.807) is 12.4 Å². The molecule has 0 saturated carbocycles. The van der Waals surface area contributed by atoms with Crippen molar-refractivity contribution >= 4 is 6.09 Å². The molecule has 0 bridgehead atoms. The summed E-state index contributed by atoms with van der Waals surface area (Å²) in [5, 5.41) is 8.73. The van der Waals surface area contributed by atoms with E-state index in [2.05, 4.69) is 15.0 Å². The molecule has 0 atom stereocenters. The van der Waals surface area contributed by atoms with Crippen LogP contribution in [0.4, 0.5) is 4.79 Å². The van der Waals surface area contributed by atoms with Crippen molar-refractivity contribution in [1.29, 1.82) is 0 Å². The van der Waals surface area contributed by atoms with Crippen molar-refractivity contribution in [3.05, 3.63) is 24.9 Å². The first-order chi connectivity index (χ1) is 6.29. The molecule has 6 heteroatoms. The number of carbonyl (C=O) groups is 1. The second-order valence-electron chi connectivity index (χ2n) is 2.37. The van der Waals surface area contributed by atoms with Gasteiger partial charge in [-0.1, -0.05) is 0 Å². The van der Waals surface area contributed by atoms with Gasteiger partial charge in [-0.05, 0) is 0 Å². The van der Waals surface area contributed by atoms with Gasteiger partial charge in [0.25, 0.3) is 0 Å². The van der Waals surface area contributed by atoms with E-state index in [1.807, 2.05) is 0 Å². The van der Waals surface area contributed by atoms with E-state index >= 15 is 0 Å². The highest BCUT2D eigenvalue weighted by Crippen LogP contribution is 2.12. The van der Waals surface area contributed by atoms with E-state index in [9.17, 15) is 4.79 Å². The second-order valence-corrected chi connectivity index (χ2v) is 2.37. The molecule has 6 nitrogen and oxygen atoms in total. The quantitative estimate of drug-likeness (QED) is 0.676. The molecule has 0 aliphatic rings. The maximum atomic E-state index is 10.7. The summed E-state index contributed by atoms with van der Waals surface area (Å²) in [6.45, 7) is 0. The average Bonchev–Trinajstić information content (AvgIpc) is 2.74. The van der Waals surface area contributed by atoms with Crippen LogP contribution in [0.25, 0.3) is 11.5 Å². The minimum absolute atomic E-state index is 0.428. The number of imidazole rings is 2. The molecular weight excluding hydrogens is 172 g/mol. The predicted octanol–water partition coefficient (Wildman–Crippen LogP) is 0.799. The molecule has 2 N–H and O–H groups in total. The minimum atomic E-state index is -1.08. The van der Waals surface area contributed by atoms with Crippen LogP contribution in [0.1, 0.15) is 0 Å². The van der Waals surface area contributed by atoms with Gasteiger partial charge < -0.3 is 10.1 Å². The van der Waals surface area contributed by atoms with Crippen LogP contribution in [0, 0.1) is 0 Å². The molecule has 2 rings (SSSR count). The molecule has 2 heterocycles. The van der Waals surface area contributed by atoms with Gasteiger partial charge in [-0.15, -0.1) is 0 Å². The van der Waals surface area contributed by atoms with Crippen LogP contribution in [0.3, 0.4) is 0 Å². The molecule has 2 aromatic heterocycles. The van der Waals surface area contributed by atoms with Gasteiger partial charge in [-0.2, -0.15) is 0 Å². The van der Waals surface area contributed by atoms with E-state index in [0.717, 1.165) is 4.57 Å². The van der Waals surface area contributed by atoms with Crippen molar-refractivity contribution in [3.63, 3.8) is 0 Å². The fraction of sp³-hybridized carbons (Fsp3) is 0. The first kappa shape index (κ1) is 7.53. The Morgan fingerprint density at radius 3 is 3.08 bits per heavy atom. The SMILES string of the molecule is O=C(O)n1cncc1-c1ncc[nH]1. The summed E-state index contributed by atoms with van der Waals surface area (Å²) in [6.07, 6.45) is 4.75. The Bertz CT molecular complexity index is 417. The van der Waals surface area contributed by atoms with Crippen LogP contribution < -0.4 is 0 Å². The van der Waals surface area contributed by atoms with Crippen molar-refractivity contribution in [2.75, 3.05) is 0 Å². The second kappa shape index (κ2) is 2.74. The smallest absolute Gasteiger partial charge is 0.417 e. The normalized spacial score (nSPS) is 10.2. The maximum absolute atomic E-state index is 10.7. The highest BCUT2D eigenvalue weighted by Gasteiger charge is 2.11. The zero-order valence-electron chi connectivity index (χ0n) is 6.51. The van der Waals surface area contributed by atoms with Crippen LogP contribution in [0.5, 0.6) is 0 Å². The minimum Gasteiger partial charge on any atom is -0.464 e. The largest absolute Gasteiger partial charge is 0.464 e. The predicted molar refractivity (Wildman–Crippen MR) is 43.2 cm³/mol. The van der Waals surface area contributed by atoms with Gasteiger partial charge in [0, 0.05) is 12.4 Å². The summed E-state index contributed by atoms with van der Waals surface area (Å²) in [5.41, 5.74) is 0.428. The topological polar surface area (TPSA) is 83.8 Å². The molecule has 0 fully saturated rings. The zero-order valence-corrected chi connectivity index (χ0v) is 6.51. The van der Waals surface area contributed by atoms with E-state index in [-0.39, 0.29) is 0 Å². The Morgan fingerprint density at radius 2 is 2.46 bits per heavy atom. The monoisotopic (exact) mass is 178 g/mol. The maximum Gasteiger partial charge on any atom is 0.417 e. The van der Waals surface area contributed by atoms with E-state index in [4.69, 9.17) is 5.11 Å². The highest BCUT2D eigenvalue weighted by molar-refractivity contribution is 5.74. The van der Waals surface area contributed by atoms with Crippen LogP contribution in [-0.4, -0.2) is 30.7 Å². The summed E-state index contributed by atoms with van der Waals surface area (Å²) in [4.78, 5) is 21.1. The number of nitrogens with one attached hydrogen (secondary N) is 1. The van der Waals surface area contributed by atoms with Gasteiger partial charge in [0.2, 0.25) is 0 Å². The van der Waals surface area contributed by atoms with Crippen molar-refractivity contribution in [3.8, 4) is 11.5 Å². The van der Waals surface area contributed by atoms with Gasteiger partial charge in [0.15, 0.2) is 5.82 Å². The number of H-pyrrole nitrogens is 1. The lowest BCUT2D eigenvalue weighted by atomic mass is 10.4. The molecular formula is C7H6N4O2. The van der Waals surface area contributed by atoms with Gasteiger partial charge in [-0.25, -0.2) is 19.3 Å². The third-order valence-corrected chi connectivity index (χ3v) is 1.59. The van der Waals surface area contributed by atoms with Gasteiger partial charge >= 0.3 is 6.09 Å². The van der Waals surface area contributed by atoms with E-state index < -0.39 is 6.09 Å². The molecule has 0 amide bonds. The first-order valence-corrected chi connectivity index (χ1v) is 3.54. The number of rotatable bonds is 1. The first-order valence-electron chi connectivity index (χ1n) is 3.54. The van der Waals surface area contributed by atoms with Gasteiger partial charge in [0.05, 0.1) is 6.20 Å². The zero-order chi connectivity index (χ0) is 9.26. The summed E-state index contributed by atoms with van der Waals surface area (Å²) in [5.74, 6) is 0.486. The fourth-order valence-corrected chi connectivity index (χ4v) is 1.03. The Hall–Kier alpha value is -2.11. The van der Waals surface area contributed by atoms with Crippen molar-refractivity contribution in [2.45, 2.75) is 0 Å². The molecule has 0 unspecified atom stereocenters. The lowest BCUT2D eigenvalue weighted by Crippen LogP contribution is -2.08. The van der Waals surface area contributed by atoms with Crippen LogP contribution >= 0.6 is 0 Å². The number of hydrogen-bond acceptors (Lipinski definition) is 3. The Labute approximate surface area is 72.9 Å². The van der Waals surface area contributed by atoms with Crippen LogP contribution in [0.15, 0.2) is 24.9 Å². The van der Waals surface area contributed by atoms with Crippen LogP contribution in [0.2, 0.25) is 0 Å². The standard InChI is InChI=1S/C7H6N4O2/c12-7(13)11-4-8-3-5(11)6-9-1-2-10-6/h1-4H,(H,9,10)(H,12,13). The molecule has 2 aromatic rings. The molecule has 66 valence electrons. The molecule has 0 spiro atoms. The molecule has 13 heavy (non-hydrogen) atoms. The van der Waals surface area contributed by atoms with Crippen molar-refractivity contribution < 1.29 is 9.90 Å². The molecule has 0 saturated heterocycles. The number of nitrogens with zero attached hydrogens (tertiary/aromatic N) is 3. The number of aromatic amines is 1. The molecule has 0 aromatic carbocycles. The highest BCUT2D eigenvalue weighted by atomic mass is 16.4. The van der Waals surface area contributed by atoms with E-state index in [0.29, 0.717) is 11.5 Å². The van der Waals surface area contributed by atoms with Crippen LogP contribution in [-0.2, 0) is 0 Å². The summed E-state index contributed by atoms with van der Waals surface area (Å²) in [6, 6.07) is 0. The third-order valence-electron chi connectivity index (χ3n) is 1.59. The number of hydrogen-bond donors (Lipinski definition) is 2. The van der Waals surface area contributed by atoms with Crippen molar-refractivity contribution in [1.82, 2.24) is 19.5 Å². The lowest BCUT2D eigenvalue weighted by molar-refractivity contribution is 0.196. The Balaban J connectivity index is 2.52. The molecule has 0 radical (unpaired) electrons. The van der Waals surface area contributed by atoms with Gasteiger partial charge in [0.1, 0.15) is 12.0 Å².